The number of aromatic nitrogens is 2. The van der Waals surface area contributed by atoms with Crippen LogP contribution in [0.2, 0.25) is 0 Å². The Bertz CT molecular complexity index is 884. The molecule has 8 nitrogen and oxygen atoms in total. The molecule has 1 aliphatic heterocycles. The quantitative estimate of drug-likeness (QED) is 0.295. The van der Waals surface area contributed by atoms with Crippen molar-refractivity contribution in [1.82, 2.24) is 25.5 Å². The van der Waals surface area contributed by atoms with Gasteiger partial charge in [0.25, 0.3) is 0 Å². The molecule has 1 aliphatic rings. The van der Waals surface area contributed by atoms with Crippen LogP contribution in [0.5, 0.6) is 0 Å². The van der Waals surface area contributed by atoms with E-state index in [1.165, 1.54) is 6.07 Å². The van der Waals surface area contributed by atoms with Crippen LogP contribution in [-0.4, -0.2) is 72.5 Å². The zero-order chi connectivity index (χ0) is 22.1. The van der Waals surface area contributed by atoms with Gasteiger partial charge in [-0.3, -0.25) is 9.78 Å². The SMILES string of the molecule is CCNC(=NCC(=O)N(C)CCc1ccccn1)NC1CCN(c2ncccc2F)C1.I. The lowest BCUT2D eigenvalue weighted by Gasteiger charge is -2.20. The number of pyridine rings is 2. The summed E-state index contributed by atoms with van der Waals surface area (Å²) in [7, 11) is 1.78. The minimum absolute atomic E-state index is 0. The van der Waals surface area contributed by atoms with Gasteiger partial charge in [0.2, 0.25) is 5.91 Å². The second-order valence-electron chi connectivity index (χ2n) is 7.47. The van der Waals surface area contributed by atoms with Crippen molar-refractivity contribution >= 4 is 41.7 Å². The molecule has 32 heavy (non-hydrogen) atoms. The molecule has 10 heteroatoms. The molecule has 1 unspecified atom stereocenters. The number of hydrogen-bond acceptors (Lipinski definition) is 5. The van der Waals surface area contributed by atoms with Gasteiger partial charge in [-0.2, -0.15) is 0 Å². The predicted molar refractivity (Wildman–Crippen MR) is 135 cm³/mol. The third-order valence-electron chi connectivity index (χ3n) is 5.14. The molecule has 2 aromatic heterocycles. The van der Waals surface area contributed by atoms with Crippen LogP contribution in [-0.2, 0) is 11.2 Å². The van der Waals surface area contributed by atoms with Crippen molar-refractivity contribution in [1.29, 1.82) is 0 Å². The molecular formula is C22H31FIN7O. The van der Waals surface area contributed by atoms with Crippen molar-refractivity contribution in [2.45, 2.75) is 25.8 Å². The number of aliphatic imine (C=N–C) groups is 1. The Morgan fingerprint density at radius 2 is 2.09 bits per heavy atom. The van der Waals surface area contributed by atoms with E-state index in [0.717, 1.165) is 12.1 Å². The Kier molecular flexibility index (Phi) is 10.6. The summed E-state index contributed by atoms with van der Waals surface area (Å²) in [6.07, 6.45) is 4.88. The molecule has 0 bridgehead atoms. The van der Waals surface area contributed by atoms with Crippen LogP contribution in [0.25, 0.3) is 0 Å². The zero-order valence-electron chi connectivity index (χ0n) is 18.5. The maximum absolute atomic E-state index is 14.0. The van der Waals surface area contributed by atoms with Crippen molar-refractivity contribution in [3.05, 3.63) is 54.2 Å². The van der Waals surface area contributed by atoms with E-state index < -0.39 is 0 Å². The molecule has 174 valence electrons. The number of hydrogen-bond donors (Lipinski definition) is 2. The molecule has 2 N–H and O–H groups in total. The summed E-state index contributed by atoms with van der Waals surface area (Å²) in [4.78, 5) is 28.9. The topological polar surface area (TPSA) is 85.8 Å². The van der Waals surface area contributed by atoms with E-state index in [-0.39, 0.29) is 48.3 Å². The normalized spacial score (nSPS) is 15.8. The average molecular weight is 555 g/mol. The predicted octanol–water partition coefficient (Wildman–Crippen LogP) is 2.07. The van der Waals surface area contributed by atoms with Crippen molar-refractivity contribution < 1.29 is 9.18 Å². The van der Waals surface area contributed by atoms with E-state index in [2.05, 4.69) is 25.6 Å². The molecule has 1 fully saturated rings. The first-order chi connectivity index (χ1) is 15.1. The van der Waals surface area contributed by atoms with Gasteiger partial charge in [-0.1, -0.05) is 6.07 Å². The van der Waals surface area contributed by atoms with E-state index in [1.54, 1.807) is 30.4 Å². The largest absolute Gasteiger partial charge is 0.357 e. The van der Waals surface area contributed by atoms with Gasteiger partial charge in [0.05, 0.1) is 0 Å². The van der Waals surface area contributed by atoms with Gasteiger partial charge in [0.1, 0.15) is 6.54 Å². The molecule has 0 aromatic carbocycles. The van der Waals surface area contributed by atoms with E-state index >= 15 is 0 Å². The summed E-state index contributed by atoms with van der Waals surface area (Å²) < 4.78 is 14.0. The number of nitrogens with one attached hydrogen (secondary N) is 2. The molecule has 1 amide bonds. The van der Waals surface area contributed by atoms with Crippen LogP contribution in [0.1, 0.15) is 19.0 Å². The highest BCUT2D eigenvalue weighted by Gasteiger charge is 2.26. The van der Waals surface area contributed by atoms with Crippen molar-refractivity contribution in [2.24, 2.45) is 4.99 Å². The molecule has 0 aliphatic carbocycles. The number of carbonyl (C=O) groups is 1. The highest BCUT2D eigenvalue weighted by Crippen LogP contribution is 2.20. The van der Waals surface area contributed by atoms with Gasteiger partial charge in [0, 0.05) is 63.8 Å². The van der Waals surface area contributed by atoms with Crippen LogP contribution in [0.4, 0.5) is 10.2 Å². The number of likely N-dealkylation sites (N-methyl/N-ethyl adjacent to an activating group) is 1. The van der Waals surface area contributed by atoms with Gasteiger partial charge in [0.15, 0.2) is 17.6 Å². The standard InChI is InChI=1S/C22H30FN7O.HI/c1-3-24-22(27-15-20(31)29(2)13-9-17-7-4-5-11-25-17)28-18-10-14-30(16-18)21-19(23)8-6-12-26-21;/h4-8,11-12,18H,3,9-10,13-16H2,1-2H3,(H2,24,27,28);1H. The fourth-order valence-electron chi connectivity index (χ4n) is 3.41. The van der Waals surface area contributed by atoms with Gasteiger partial charge < -0.3 is 20.4 Å². The zero-order valence-corrected chi connectivity index (χ0v) is 20.8. The monoisotopic (exact) mass is 555 g/mol. The lowest BCUT2D eigenvalue weighted by atomic mass is 10.2. The summed E-state index contributed by atoms with van der Waals surface area (Å²) in [5.74, 6) is 0.584. The summed E-state index contributed by atoms with van der Waals surface area (Å²) in [5, 5.41) is 6.53. The fraction of sp³-hybridized carbons (Fsp3) is 0.455. The number of nitrogens with zero attached hydrogens (tertiary/aromatic N) is 5. The van der Waals surface area contributed by atoms with E-state index in [9.17, 15) is 9.18 Å². The number of guanidine groups is 1. The first-order valence-electron chi connectivity index (χ1n) is 10.6. The van der Waals surface area contributed by atoms with Crippen molar-refractivity contribution in [2.75, 3.05) is 44.7 Å². The third-order valence-corrected chi connectivity index (χ3v) is 5.14. The molecule has 1 atom stereocenters. The third kappa shape index (κ3) is 7.57. The minimum atomic E-state index is -0.317. The molecule has 2 aromatic rings. The maximum atomic E-state index is 14.0. The average Bonchev–Trinajstić information content (AvgIpc) is 3.25. The van der Waals surface area contributed by atoms with E-state index in [4.69, 9.17) is 0 Å². The van der Waals surface area contributed by atoms with Crippen molar-refractivity contribution in [3.63, 3.8) is 0 Å². The molecular weight excluding hydrogens is 524 g/mol. The van der Waals surface area contributed by atoms with Crippen LogP contribution in [0.15, 0.2) is 47.7 Å². The Hall–Kier alpha value is -2.50. The number of amides is 1. The number of carbonyl (C=O) groups excluding carboxylic acids is 1. The highest BCUT2D eigenvalue weighted by molar-refractivity contribution is 14.0. The highest BCUT2D eigenvalue weighted by atomic mass is 127. The number of rotatable bonds is 8. The van der Waals surface area contributed by atoms with Gasteiger partial charge in [-0.05, 0) is 37.6 Å². The van der Waals surface area contributed by atoms with Crippen LogP contribution >= 0.6 is 24.0 Å². The summed E-state index contributed by atoms with van der Waals surface area (Å²) in [6.45, 7) is 4.63. The minimum Gasteiger partial charge on any atom is -0.357 e. The Balaban J connectivity index is 0.00000363. The van der Waals surface area contributed by atoms with Crippen molar-refractivity contribution in [3.8, 4) is 0 Å². The smallest absolute Gasteiger partial charge is 0.244 e. The second kappa shape index (κ2) is 13.1. The summed E-state index contributed by atoms with van der Waals surface area (Å²) >= 11 is 0. The van der Waals surface area contributed by atoms with Gasteiger partial charge in [-0.25, -0.2) is 14.4 Å². The number of anilines is 1. The van der Waals surface area contributed by atoms with E-state index in [1.807, 2.05) is 30.0 Å². The van der Waals surface area contributed by atoms with Crippen LogP contribution < -0.4 is 15.5 Å². The molecule has 0 radical (unpaired) electrons. The first-order valence-corrected chi connectivity index (χ1v) is 10.6. The lowest BCUT2D eigenvalue weighted by Crippen LogP contribution is -2.45. The number of halogens is 2. The molecule has 1 saturated heterocycles. The van der Waals surface area contributed by atoms with E-state index in [0.29, 0.717) is 44.4 Å². The second-order valence-corrected chi connectivity index (χ2v) is 7.47. The summed E-state index contributed by atoms with van der Waals surface area (Å²) in [6, 6.07) is 8.87. The first kappa shape index (κ1) is 25.8. The van der Waals surface area contributed by atoms with Crippen LogP contribution in [0.3, 0.4) is 0 Å². The fourth-order valence-corrected chi connectivity index (χ4v) is 3.41. The van der Waals surface area contributed by atoms with Gasteiger partial charge in [-0.15, -0.1) is 24.0 Å². The molecule has 0 spiro atoms. The van der Waals surface area contributed by atoms with Crippen LogP contribution in [0, 0.1) is 5.82 Å². The van der Waals surface area contributed by atoms with Gasteiger partial charge >= 0.3 is 0 Å². The molecule has 3 rings (SSSR count). The Morgan fingerprint density at radius 3 is 2.81 bits per heavy atom. The summed E-state index contributed by atoms with van der Waals surface area (Å²) in [5.41, 5.74) is 0.954. The Morgan fingerprint density at radius 1 is 1.28 bits per heavy atom. The lowest BCUT2D eigenvalue weighted by molar-refractivity contribution is -0.128. The molecule has 0 saturated carbocycles. The molecule has 3 heterocycles. The Labute approximate surface area is 205 Å². The maximum Gasteiger partial charge on any atom is 0.244 e.